The molecule has 1 aliphatic rings. The molecule has 82 valence electrons. The van der Waals surface area contributed by atoms with Gasteiger partial charge in [0.15, 0.2) is 0 Å². The molecule has 1 aromatic rings. The third kappa shape index (κ3) is 2.34. The Morgan fingerprint density at radius 2 is 2.07 bits per heavy atom. The van der Waals surface area contributed by atoms with Gasteiger partial charge in [-0.25, -0.2) is 0 Å². The SMILES string of the molecule is CCC1CCCCC1c1cccc(O)c1. The maximum atomic E-state index is 9.50. The molecule has 1 N–H and O–H groups in total. The molecule has 0 spiro atoms. The topological polar surface area (TPSA) is 20.2 Å². The summed E-state index contributed by atoms with van der Waals surface area (Å²) in [6, 6.07) is 7.83. The third-order valence-corrected chi connectivity index (χ3v) is 3.73. The minimum Gasteiger partial charge on any atom is -0.508 e. The summed E-state index contributed by atoms with van der Waals surface area (Å²) in [6.45, 7) is 2.28. The molecule has 1 saturated carbocycles. The van der Waals surface area contributed by atoms with Crippen molar-refractivity contribution < 1.29 is 5.11 Å². The van der Waals surface area contributed by atoms with Crippen molar-refractivity contribution in [1.82, 2.24) is 0 Å². The highest BCUT2D eigenvalue weighted by Gasteiger charge is 2.24. The standard InChI is InChI=1S/C14H20O/c1-2-11-6-3-4-9-14(11)12-7-5-8-13(15)10-12/h5,7-8,10-11,14-15H,2-4,6,9H2,1H3. The summed E-state index contributed by atoms with van der Waals surface area (Å²) in [6.07, 6.45) is 6.64. The zero-order valence-corrected chi connectivity index (χ0v) is 9.45. The Morgan fingerprint density at radius 1 is 1.27 bits per heavy atom. The van der Waals surface area contributed by atoms with Crippen LogP contribution in [0.3, 0.4) is 0 Å². The van der Waals surface area contributed by atoms with E-state index in [0.29, 0.717) is 11.7 Å². The summed E-state index contributed by atoms with van der Waals surface area (Å²) in [5, 5.41) is 9.50. The summed E-state index contributed by atoms with van der Waals surface area (Å²) in [5.74, 6) is 1.91. The van der Waals surface area contributed by atoms with Gasteiger partial charge in [0.2, 0.25) is 0 Å². The molecule has 15 heavy (non-hydrogen) atoms. The first-order valence-electron chi connectivity index (χ1n) is 6.10. The van der Waals surface area contributed by atoms with Crippen molar-refractivity contribution in [2.45, 2.75) is 44.9 Å². The van der Waals surface area contributed by atoms with Gasteiger partial charge in [-0.15, -0.1) is 0 Å². The second-order valence-corrected chi connectivity index (χ2v) is 4.65. The molecule has 0 amide bonds. The van der Waals surface area contributed by atoms with Crippen molar-refractivity contribution in [3.05, 3.63) is 29.8 Å². The van der Waals surface area contributed by atoms with Gasteiger partial charge in [0.05, 0.1) is 0 Å². The van der Waals surface area contributed by atoms with Crippen molar-refractivity contribution in [1.29, 1.82) is 0 Å². The molecular formula is C14H20O. The normalized spacial score (nSPS) is 26.5. The smallest absolute Gasteiger partial charge is 0.115 e. The summed E-state index contributed by atoms with van der Waals surface area (Å²) in [4.78, 5) is 0. The first kappa shape index (κ1) is 10.5. The number of hydrogen-bond donors (Lipinski definition) is 1. The number of phenols is 1. The molecular weight excluding hydrogens is 184 g/mol. The lowest BCUT2D eigenvalue weighted by atomic mass is 9.74. The van der Waals surface area contributed by atoms with E-state index in [1.165, 1.54) is 37.7 Å². The van der Waals surface area contributed by atoms with Gasteiger partial charge in [0, 0.05) is 0 Å². The first-order chi connectivity index (χ1) is 7.31. The Balaban J connectivity index is 2.20. The zero-order valence-electron chi connectivity index (χ0n) is 9.45. The summed E-state index contributed by atoms with van der Waals surface area (Å²) in [5.41, 5.74) is 1.33. The van der Waals surface area contributed by atoms with Gasteiger partial charge in [-0.1, -0.05) is 38.3 Å². The van der Waals surface area contributed by atoms with E-state index in [1.807, 2.05) is 12.1 Å². The van der Waals surface area contributed by atoms with Gasteiger partial charge in [0.25, 0.3) is 0 Å². The third-order valence-electron chi connectivity index (χ3n) is 3.73. The van der Waals surface area contributed by atoms with Gasteiger partial charge < -0.3 is 5.11 Å². The second kappa shape index (κ2) is 4.69. The van der Waals surface area contributed by atoms with Crippen LogP contribution in [0.5, 0.6) is 5.75 Å². The molecule has 1 aromatic carbocycles. The Morgan fingerprint density at radius 3 is 2.80 bits per heavy atom. The Hall–Kier alpha value is -0.980. The monoisotopic (exact) mass is 204 g/mol. The molecule has 0 saturated heterocycles. The zero-order chi connectivity index (χ0) is 10.7. The molecule has 0 heterocycles. The molecule has 1 fully saturated rings. The van der Waals surface area contributed by atoms with E-state index in [4.69, 9.17) is 0 Å². The van der Waals surface area contributed by atoms with Crippen molar-refractivity contribution in [3.63, 3.8) is 0 Å². The highest BCUT2D eigenvalue weighted by atomic mass is 16.3. The summed E-state index contributed by atoms with van der Waals surface area (Å²) < 4.78 is 0. The Kier molecular flexibility index (Phi) is 3.30. The molecule has 0 aromatic heterocycles. The number of aromatic hydroxyl groups is 1. The predicted molar refractivity (Wildman–Crippen MR) is 63.1 cm³/mol. The van der Waals surface area contributed by atoms with Gasteiger partial charge in [-0.3, -0.25) is 0 Å². The number of rotatable bonds is 2. The fraction of sp³-hybridized carbons (Fsp3) is 0.571. The van der Waals surface area contributed by atoms with E-state index in [1.54, 1.807) is 6.07 Å². The molecule has 2 rings (SSSR count). The van der Waals surface area contributed by atoms with Gasteiger partial charge in [-0.2, -0.15) is 0 Å². The number of hydrogen-bond acceptors (Lipinski definition) is 1. The van der Waals surface area contributed by atoms with E-state index >= 15 is 0 Å². The average molecular weight is 204 g/mol. The van der Waals surface area contributed by atoms with Crippen LogP contribution in [0.4, 0.5) is 0 Å². The van der Waals surface area contributed by atoms with Crippen LogP contribution in [-0.2, 0) is 0 Å². The second-order valence-electron chi connectivity index (χ2n) is 4.65. The van der Waals surface area contributed by atoms with Gasteiger partial charge in [-0.05, 0) is 42.4 Å². The fourth-order valence-corrected chi connectivity index (χ4v) is 2.89. The quantitative estimate of drug-likeness (QED) is 0.769. The van der Waals surface area contributed by atoms with Gasteiger partial charge >= 0.3 is 0 Å². The van der Waals surface area contributed by atoms with Crippen LogP contribution >= 0.6 is 0 Å². The van der Waals surface area contributed by atoms with Crippen LogP contribution < -0.4 is 0 Å². The largest absolute Gasteiger partial charge is 0.508 e. The van der Waals surface area contributed by atoms with Crippen molar-refractivity contribution in [2.24, 2.45) is 5.92 Å². The van der Waals surface area contributed by atoms with E-state index in [-0.39, 0.29) is 0 Å². The van der Waals surface area contributed by atoms with E-state index in [2.05, 4.69) is 13.0 Å². The lowest BCUT2D eigenvalue weighted by molar-refractivity contribution is 0.298. The molecule has 2 atom stereocenters. The van der Waals surface area contributed by atoms with Crippen molar-refractivity contribution >= 4 is 0 Å². The van der Waals surface area contributed by atoms with Crippen molar-refractivity contribution in [2.75, 3.05) is 0 Å². The highest BCUT2D eigenvalue weighted by molar-refractivity contribution is 5.30. The fourth-order valence-electron chi connectivity index (χ4n) is 2.89. The van der Waals surface area contributed by atoms with Crippen molar-refractivity contribution in [3.8, 4) is 5.75 Å². The minimum absolute atomic E-state index is 0.410. The molecule has 0 bridgehead atoms. The van der Waals surface area contributed by atoms with Crippen LogP contribution in [0.15, 0.2) is 24.3 Å². The Labute approximate surface area is 92.1 Å². The van der Waals surface area contributed by atoms with Crippen LogP contribution in [0.25, 0.3) is 0 Å². The first-order valence-corrected chi connectivity index (χ1v) is 6.10. The lowest BCUT2D eigenvalue weighted by Gasteiger charge is -2.31. The van der Waals surface area contributed by atoms with E-state index in [9.17, 15) is 5.11 Å². The van der Waals surface area contributed by atoms with E-state index < -0.39 is 0 Å². The number of benzene rings is 1. The average Bonchev–Trinajstić information content (AvgIpc) is 2.29. The molecule has 0 radical (unpaired) electrons. The Bertz CT molecular complexity index is 319. The van der Waals surface area contributed by atoms with Crippen LogP contribution in [0.2, 0.25) is 0 Å². The highest BCUT2D eigenvalue weighted by Crippen LogP contribution is 2.40. The summed E-state index contributed by atoms with van der Waals surface area (Å²) >= 11 is 0. The molecule has 2 unspecified atom stereocenters. The van der Waals surface area contributed by atoms with E-state index in [0.717, 1.165) is 5.92 Å². The van der Waals surface area contributed by atoms with Crippen LogP contribution in [-0.4, -0.2) is 5.11 Å². The van der Waals surface area contributed by atoms with Crippen LogP contribution in [0, 0.1) is 5.92 Å². The molecule has 1 nitrogen and oxygen atoms in total. The predicted octanol–water partition coefficient (Wildman–Crippen LogP) is 4.08. The summed E-state index contributed by atoms with van der Waals surface area (Å²) in [7, 11) is 0. The molecule has 0 aliphatic heterocycles. The molecule has 1 heteroatoms. The van der Waals surface area contributed by atoms with Gasteiger partial charge in [0.1, 0.15) is 5.75 Å². The maximum absolute atomic E-state index is 9.50. The van der Waals surface area contributed by atoms with Crippen LogP contribution in [0.1, 0.15) is 50.5 Å². The molecule has 1 aliphatic carbocycles. The number of phenolic OH excluding ortho intramolecular Hbond substituents is 1. The maximum Gasteiger partial charge on any atom is 0.115 e. The lowest BCUT2D eigenvalue weighted by Crippen LogP contribution is -2.16. The minimum atomic E-state index is 0.410.